The summed E-state index contributed by atoms with van der Waals surface area (Å²) in [6, 6.07) is 14.8. The fraction of sp³-hybridized carbons (Fsp3) is 0. The van der Waals surface area contributed by atoms with Crippen LogP contribution in [0.5, 0.6) is 0 Å². The summed E-state index contributed by atoms with van der Waals surface area (Å²) in [6.45, 7) is 0. The quantitative estimate of drug-likeness (QED) is 0.471. The lowest BCUT2D eigenvalue weighted by molar-refractivity contribution is 0.262. The molecule has 3 aromatic carbocycles. The standard InChI is InChI=1S/C19H14Cl2FN3O3S/c20-12-5-7-13(8-6-12)25-29(27,28)14-9-10-15(21)18(11-14)24-19(26)23-17-4-2-1-3-16(17)22/h1-11,25H,(H2,23,24,26). The third-order valence-corrected chi connectivity index (χ3v) is 5.68. The zero-order chi connectivity index (χ0) is 21.0. The van der Waals surface area contributed by atoms with Gasteiger partial charge in [0.1, 0.15) is 5.82 Å². The number of halogens is 3. The van der Waals surface area contributed by atoms with Crippen LogP contribution < -0.4 is 15.4 Å². The molecule has 3 N–H and O–H groups in total. The number of carbonyl (C=O) groups excluding carboxylic acids is 1. The Bertz CT molecular complexity index is 1160. The molecule has 6 nitrogen and oxygen atoms in total. The van der Waals surface area contributed by atoms with Crippen molar-refractivity contribution in [2.45, 2.75) is 4.90 Å². The molecular weight excluding hydrogens is 440 g/mol. The number of rotatable bonds is 5. The third-order valence-electron chi connectivity index (χ3n) is 3.71. The summed E-state index contributed by atoms with van der Waals surface area (Å²) in [7, 11) is -3.95. The first kappa shape index (κ1) is 20.9. The number of hydrogen-bond donors (Lipinski definition) is 3. The minimum atomic E-state index is -3.95. The SMILES string of the molecule is O=C(Nc1ccccc1F)Nc1cc(S(=O)(=O)Nc2ccc(Cl)cc2)ccc1Cl. The number of urea groups is 1. The van der Waals surface area contributed by atoms with Crippen LogP contribution in [0.1, 0.15) is 0 Å². The summed E-state index contributed by atoms with van der Waals surface area (Å²) >= 11 is 11.8. The largest absolute Gasteiger partial charge is 0.323 e. The normalized spacial score (nSPS) is 11.0. The van der Waals surface area contributed by atoms with E-state index in [2.05, 4.69) is 15.4 Å². The van der Waals surface area contributed by atoms with Crippen molar-refractivity contribution in [2.75, 3.05) is 15.4 Å². The maximum atomic E-state index is 13.7. The van der Waals surface area contributed by atoms with Crippen LogP contribution in [0.15, 0.2) is 71.6 Å². The summed E-state index contributed by atoms with van der Waals surface area (Å²) in [4.78, 5) is 12.0. The molecule has 0 saturated carbocycles. The fourth-order valence-corrected chi connectivity index (χ4v) is 3.71. The van der Waals surface area contributed by atoms with Crippen molar-refractivity contribution in [1.29, 1.82) is 0 Å². The Morgan fingerprint density at radius 3 is 2.21 bits per heavy atom. The van der Waals surface area contributed by atoms with Gasteiger partial charge in [0.15, 0.2) is 0 Å². The van der Waals surface area contributed by atoms with E-state index in [0.29, 0.717) is 10.7 Å². The van der Waals surface area contributed by atoms with E-state index < -0.39 is 21.9 Å². The predicted molar refractivity (Wildman–Crippen MR) is 113 cm³/mol. The molecular formula is C19H14Cl2FN3O3S. The number of hydrogen-bond acceptors (Lipinski definition) is 3. The molecule has 0 aliphatic carbocycles. The second-order valence-electron chi connectivity index (χ2n) is 5.81. The minimum absolute atomic E-state index is 0.0331. The lowest BCUT2D eigenvalue weighted by atomic mass is 10.3. The van der Waals surface area contributed by atoms with Crippen molar-refractivity contribution in [1.82, 2.24) is 0 Å². The van der Waals surface area contributed by atoms with E-state index >= 15 is 0 Å². The lowest BCUT2D eigenvalue weighted by Gasteiger charge is -2.12. The molecule has 3 rings (SSSR count). The maximum Gasteiger partial charge on any atom is 0.323 e. The van der Waals surface area contributed by atoms with Crippen molar-refractivity contribution in [3.05, 3.63) is 82.6 Å². The Morgan fingerprint density at radius 1 is 0.862 bits per heavy atom. The molecule has 0 radical (unpaired) electrons. The van der Waals surface area contributed by atoms with Gasteiger partial charge in [-0.15, -0.1) is 0 Å². The van der Waals surface area contributed by atoms with E-state index in [9.17, 15) is 17.6 Å². The topological polar surface area (TPSA) is 87.3 Å². The van der Waals surface area contributed by atoms with E-state index in [4.69, 9.17) is 23.2 Å². The van der Waals surface area contributed by atoms with Gasteiger partial charge < -0.3 is 10.6 Å². The fourth-order valence-electron chi connectivity index (χ4n) is 2.34. The number of anilines is 3. The molecule has 150 valence electrons. The van der Waals surface area contributed by atoms with Gasteiger partial charge in [-0.25, -0.2) is 17.6 Å². The van der Waals surface area contributed by atoms with Gasteiger partial charge in [-0.05, 0) is 54.6 Å². The Hall–Kier alpha value is -2.81. The van der Waals surface area contributed by atoms with Gasteiger partial charge in [0.05, 0.1) is 21.3 Å². The van der Waals surface area contributed by atoms with Gasteiger partial charge >= 0.3 is 6.03 Å². The Labute approximate surface area is 176 Å². The van der Waals surface area contributed by atoms with E-state index in [1.165, 1.54) is 48.5 Å². The zero-order valence-corrected chi connectivity index (χ0v) is 16.9. The highest BCUT2D eigenvalue weighted by molar-refractivity contribution is 7.92. The zero-order valence-electron chi connectivity index (χ0n) is 14.6. The van der Waals surface area contributed by atoms with Gasteiger partial charge in [-0.1, -0.05) is 35.3 Å². The van der Waals surface area contributed by atoms with Crippen LogP contribution in [0.25, 0.3) is 0 Å². The van der Waals surface area contributed by atoms with Gasteiger partial charge in [0, 0.05) is 10.7 Å². The minimum Gasteiger partial charge on any atom is -0.306 e. The molecule has 0 spiro atoms. The third kappa shape index (κ3) is 5.38. The second-order valence-corrected chi connectivity index (χ2v) is 8.34. The molecule has 2 amide bonds. The first-order valence-corrected chi connectivity index (χ1v) is 10.4. The molecule has 0 saturated heterocycles. The molecule has 29 heavy (non-hydrogen) atoms. The van der Waals surface area contributed by atoms with Gasteiger partial charge in [-0.3, -0.25) is 4.72 Å². The Balaban J connectivity index is 1.79. The lowest BCUT2D eigenvalue weighted by Crippen LogP contribution is -2.21. The highest BCUT2D eigenvalue weighted by Gasteiger charge is 2.17. The average Bonchev–Trinajstić information content (AvgIpc) is 2.67. The summed E-state index contributed by atoms with van der Waals surface area (Å²) in [6.07, 6.45) is 0. The number of amides is 2. The van der Waals surface area contributed by atoms with E-state index in [1.807, 2.05) is 0 Å². The number of benzene rings is 3. The van der Waals surface area contributed by atoms with Gasteiger partial charge in [0.25, 0.3) is 10.0 Å². The molecule has 10 heteroatoms. The van der Waals surface area contributed by atoms with Crippen LogP contribution in [0.2, 0.25) is 10.0 Å². The maximum absolute atomic E-state index is 13.7. The van der Waals surface area contributed by atoms with Crippen molar-refractivity contribution < 1.29 is 17.6 Å². The predicted octanol–water partition coefficient (Wildman–Crippen LogP) is 5.58. The molecule has 0 bridgehead atoms. The number of para-hydroxylation sites is 1. The molecule has 0 fully saturated rings. The molecule has 0 aliphatic heterocycles. The van der Waals surface area contributed by atoms with Crippen molar-refractivity contribution in [3.8, 4) is 0 Å². The second kappa shape index (κ2) is 8.69. The number of carbonyl (C=O) groups is 1. The first-order chi connectivity index (χ1) is 13.7. The van der Waals surface area contributed by atoms with E-state index in [1.54, 1.807) is 18.2 Å². The summed E-state index contributed by atoms with van der Waals surface area (Å²) in [5, 5.41) is 5.31. The summed E-state index contributed by atoms with van der Waals surface area (Å²) in [5.41, 5.74) is 0.324. The smallest absolute Gasteiger partial charge is 0.306 e. The van der Waals surface area contributed by atoms with Gasteiger partial charge in [0.2, 0.25) is 0 Å². The highest BCUT2D eigenvalue weighted by Crippen LogP contribution is 2.27. The van der Waals surface area contributed by atoms with Crippen molar-refractivity contribution in [2.24, 2.45) is 0 Å². The van der Waals surface area contributed by atoms with Crippen molar-refractivity contribution >= 4 is 56.3 Å². The van der Waals surface area contributed by atoms with Gasteiger partial charge in [-0.2, -0.15) is 0 Å². The summed E-state index contributed by atoms with van der Waals surface area (Å²) < 4.78 is 41.3. The first-order valence-electron chi connectivity index (χ1n) is 8.15. The number of sulfonamides is 1. The van der Waals surface area contributed by atoms with E-state index in [0.717, 1.165) is 0 Å². The molecule has 3 aromatic rings. The molecule has 0 unspecified atom stereocenters. The molecule has 0 aromatic heterocycles. The summed E-state index contributed by atoms with van der Waals surface area (Å²) in [5.74, 6) is -0.614. The van der Waals surface area contributed by atoms with Crippen LogP contribution >= 0.6 is 23.2 Å². The monoisotopic (exact) mass is 453 g/mol. The van der Waals surface area contributed by atoms with Crippen LogP contribution in [0.4, 0.5) is 26.2 Å². The average molecular weight is 454 g/mol. The molecule has 0 atom stereocenters. The number of nitrogens with one attached hydrogen (secondary N) is 3. The van der Waals surface area contributed by atoms with Crippen LogP contribution in [0, 0.1) is 5.82 Å². The Kier molecular flexibility index (Phi) is 6.26. The van der Waals surface area contributed by atoms with Crippen LogP contribution in [-0.4, -0.2) is 14.4 Å². The van der Waals surface area contributed by atoms with Crippen LogP contribution in [-0.2, 0) is 10.0 Å². The molecule has 0 heterocycles. The Morgan fingerprint density at radius 2 is 1.52 bits per heavy atom. The highest BCUT2D eigenvalue weighted by atomic mass is 35.5. The van der Waals surface area contributed by atoms with E-state index in [-0.39, 0.29) is 21.3 Å². The van der Waals surface area contributed by atoms with Crippen LogP contribution in [0.3, 0.4) is 0 Å². The van der Waals surface area contributed by atoms with Crippen molar-refractivity contribution in [3.63, 3.8) is 0 Å². The molecule has 0 aliphatic rings.